The Morgan fingerprint density at radius 1 is 1.21 bits per heavy atom. The summed E-state index contributed by atoms with van der Waals surface area (Å²) in [6, 6.07) is 1.81. The molecule has 0 fully saturated rings. The number of aryl methyl sites for hydroxylation is 2. The van der Waals surface area contributed by atoms with Crippen LogP contribution in [-0.2, 0) is 0 Å². The van der Waals surface area contributed by atoms with Crippen LogP contribution in [0.3, 0.4) is 0 Å². The van der Waals surface area contributed by atoms with Gasteiger partial charge in [0.15, 0.2) is 0 Å². The van der Waals surface area contributed by atoms with E-state index in [9.17, 15) is 13.6 Å². The molecule has 0 unspecified atom stereocenters. The van der Waals surface area contributed by atoms with Crippen LogP contribution in [0, 0.1) is 13.8 Å². The molecular weight excluding hydrogens is 252 g/mol. The van der Waals surface area contributed by atoms with E-state index >= 15 is 0 Å². The maximum absolute atomic E-state index is 12.7. The van der Waals surface area contributed by atoms with Gasteiger partial charge in [0, 0.05) is 24.5 Å². The average Bonchev–Trinajstić information content (AvgIpc) is 2.53. The van der Waals surface area contributed by atoms with E-state index in [-0.39, 0.29) is 11.3 Å². The number of pyridine rings is 1. The van der Waals surface area contributed by atoms with Gasteiger partial charge < -0.3 is 15.6 Å². The number of allylic oxidation sites excluding steroid dienone is 1. The topological polar surface area (TPSA) is 56.9 Å². The van der Waals surface area contributed by atoms with Crippen molar-refractivity contribution in [2.75, 3.05) is 13.1 Å². The van der Waals surface area contributed by atoms with E-state index in [2.05, 4.69) is 15.6 Å². The first-order valence-corrected chi connectivity index (χ1v) is 5.94. The van der Waals surface area contributed by atoms with Crippen molar-refractivity contribution in [1.29, 1.82) is 0 Å². The highest BCUT2D eigenvalue weighted by atomic mass is 19.3. The van der Waals surface area contributed by atoms with Gasteiger partial charge in [0.1, 0.15) is 5.70 Å². The Morgan fingerprint density at radius 3 is 2.53 bits per heavy atom. The first-order valence-electron chi connectivity index (χ1n) is 5.94. The Morgan fingerprint density at radius 2 is 1.89 bits per heavy atom. The molecule has 6 heteroatoms. The van der Waals surface area contributed by atoms with Crippen molar-refractivity contribution >= 4 is 5.70 Å². The van der Waals surface area contributed by atoms with Crippen LogP contribution in [0.2, 0.25) is 0 Å². The van der Waals surface area contributed by atoms with Gasteiger partial charge in [-0.05, 0) is 31.6 Å². The Hall–Kier alpha value is -2.11. The fourth-order valence-corrected chi connectivity index (χ4v) is 2.11. The highest BCUT2D eigenvalue weighted by molar-refractivity contribution is 5.68. The number of hydrogen-bond donors (Lipinski definition) is 3. The minimum absolute atomic E-state index is 0.251. The number of aromatic amines is 1. The third-order valence-electron chi connectivity index (χ3n) is 2.88. The van der Waals surface area contributed by atoms with E-state index in [0.717, 1.165) is 11.3 Å². The predicted molar refractivity (Wildman–Crippen MR) is 69.8 cm³/mol. The summed E-state index contributed by atoms with van der Waals surface area (Å²) >= 11 is 0. The second kappa shape index (κ2) is 5.26. The molecule has 0 aliphatic carbocycles. The molecule has 1 aromatic rings. The van der Waals surface area contributed by atoms with E-state index in [1.165, 1.54) is 6.08 Å². The molecule has 0 aromatic carbocycles. The van der Waals surface area contributed by atoms with Crippen LogP contribution in [0.1, 0.15) is 16.8 Å². The van der Waals surface area contributed by atoms with E-state index in [0.29, 0.717) is 24.4 Å². The summed E-state index contributed by atoms with van der Waals surface area (Å²) in [7, 11) is 0. The van der Waals surface area contributed by atoms with Crippen LogP contribution in [-0.4, -0.2) is 18.1 Å². The maximum atomic E-state index is 12.7. The first-order chi connectivity index (χ1) is 8.99. The highest BCUT2D eigenvalue weighted by Crippen LogP contribution is 2.18. The molecule has 0 amide bonds. The molecule has 3 N–H and O–H groups in total. The van der Waals surface area contributed by atoms with E-state index in [4.69, 9.17) is 0 Å². The molecule has 1 aliphatic rings. The van der Waals surface area contributed by atoms with Gasteiger partial charge in [-0.2, -0.15) is 8.78 Å². The average molecular weight is 267 g/mol. The minimum Gasteiger partial charge on any atom is -0.383 e. The molecule has 19 heavy (non-hydrogen) atoms. The lowest BCUT2D eigenvalue weighted by Crippen LogP contribution is -2.25. The molecule has 0 saturated carbocycles. The van der Waals surface area contributed by atoms with Gasteiger partial charge in [-0.3, -0.25) is 4.79 Å². The molecule has 1 aliphatic heterocycles. The zero-order valence-corrected chi connectivity index (χ0v) is 10.7. The second-order valence-corrected chi connectivity index (χ2v) is 4.43. The van der Waals surface area contributed by atoms with Gasteiger partial charge in [0.25, 0.3) is 11.6 Å². The van der Waals surface area contributed by atoms with Crippen LogP contribution >= 0.6 is 0 Å². The number of aromatic nitrogens is 1. The van der Waals surface area contributed by atoms with Crippen molar-refractivity contribution in [3.05, 3.63) is 51.1 Å². The number of nitrogens with one attached hydrogen (secondary N) is 3. The molecule has 0 saturated heterocycles. The van der Waals surface area contributed by atoms with Gasteiger partial charge in [-0.1, -0.05) is 0 Å². The molecule has 0 spiro atoms. The number of hydrogen-bond acceptors (Lipinski definition) is 3. The summed E-state index contributed by atoms with van der Waals surface area (Å²) in [4.78, 5) is 14.7. The van der Waals surface area contributed by atoms with Crippen LogP contribution in [0.5, 0.6) is 0 Å². The SMILES string of the molecule is Cc1cc(C)c(C2=CC(=C(F)F)NCCN2)c(=O)[nH]1. The van der Waals surface area contributed by atoms with E-state index in [1.807, 2.05) is 6.07 Å². The lowest BCUT2D eigenvalue weighted by Gasteiger charge is -2.10. The van der Waals surface area contributed by atoms with Gasteiger partial charge >= 0.3 is 0 Å². The van der Waals surface area contributed by atoms with Crippen molar-refractivity contribution < 1.29 is 8.78 Å². The van der Waals surface area contributed by atoms with Gasteiger partial charge in [0.05, 0.1) is 5.56 Å². The zero-order valence-electron chi connectivity index (χ0n) is 10.7. The van der Waals surface area contributed by atoms with Crippen molar-refractivity contribution in [1.82, 2.24) is 15.6 Å². The van der Waals surface area contributed by atoms with Gasteiger partial charge in [0.2, 0.25) is 0 Å². The third kappa shape index (κ3) is 2.83. The second-order valence-electron chi connectivity index (χ2n) is 4.43. The van der Waals surface area contributed by atoms with Crippen LogP contribution in [0.25, 0.3) is 5.70 Å². The van der Waals surface area contributed by atoms with Crippen LogP contribution < -0.4 is 16.2 Å². The van der Waals surface area contributed by atoms with Crippen molar-refractivity contribution in [2.24, 2.45) is 0 Å². The van der Waals surface area contributed by atoms with Crippen LogP contribution in [0.4, 0.5) is 8.78 Å². The number of rotatable bonds is 1. The highest BCUT2D eigenvalue weighted by Gasteiger charge is 2.15. The summed E-state index contributed by atoms with van der Waals surface area (Å²) < 4.78 is 25.4. The molecule has 102 valence electrons. The molecule has 0 atom stereocenters. The maximum Gasteiger partial charge on any atom is 0.293 e. The summed E-state index contributed by atoms with van der Waals surface area (Å²) in [5, 5.41) is 5.60. The zero-order chi connectivity index (χ0) is 14.0. The molecule has 0 radical (unpaired) electrons. The molecule has 2 heterocycles. The number of H-pyrrole nitrogens is 1. The molecule has 0 bridgehead atoms. The Bertz CT molecular complexity index is 613. The third-order valence-corrected chi connectivity index (χ3v) is 2.88. The largest absolute Gasteiger partial charge is 0.383 e. The van der Waals surface area contributed by atoms with E-state index in [1.54, 1.807) is 13.8 Å². The van der Waals surface area contributed by atoms with Gasteiger partial charge in [-0.25, -0.2) is 0 Å². The van der Waals surface area contributed by atoms with Crippen LogP contribution in [0.15, 0.2) is 28.7 Å². The van der Waals surface area contributed by atoms with E-state index < -0.39 is 6.08 Å². The smallest absolute Gasteiger partial charge is 0.293 e. The summed E-state index contributed by atoms with van der Waals surface area (Å²) in [5.74, 6) is 0. The van der Waals surface area contributed by atoms with Gasteiger partial charge in [-0.15, -0.1) is 0 Å². The molecule has 2 rings (SSSR count). The van der Waals surface area contributed by atoms with Crippen molar-refractivity contribution in [3.63, 3.8) is 0 Å². The predicted octanol–water partition coefficient (Wildman–Crippen LogP) is 1.63. The quantitative estimate of drug-likeness (QED) is 0.725. The fraction of sp³-hybridized carbons (Fsp3) is 0.308. The minimum atomic E-state index is -1.79. The number of halogens is 2. The Balaban J connectivity index is 2.57. The van der Waals surface area contributed by atoms with Crippen molar-refractivity contribution in [3.8, 4) is 0 Å². The first kappa shape index (κ1) is 13.3. The fourth-order valence-electron chi connectivity index (χ4n) is 2.11. The van der Waals surface area contributed by atoms with Crippen molar-refractivity contribution in [2.45, 2.75) is 13.8 Å². The standard InChI is InChI=1S/C13H15F2N3O/c1-7-5-8(2)18-13(19)11(7)9-6-10(12(14)15)17-4-3-16-9/h5-6,16-17H,3-4H2,1-2H3,(H,18,19). The Kier molecular flexibility index (Phi) is 3.69. The lowest BCUT2D eigenvalue weighted by atomic mass is 10.1. The lowest BCUT2D eigenvalue weighted by molar-refractivity contribution is 0.407. The summed E-state index contributed by atoms with van der Waals surface area (Å²) in [5.41, 5.74) is 1.77. The molecule has 4 nitrogen and oxygen atoms in total. The Labute approximate surface area is 109 Å². The normalized spacial score (nSPS) is 15.2. The summed E-state index contributed by atoms with van der Waals surface area (Å²) in [6.07, 6.45) is -0.516. The summed E-state index contributed by atoms with van der Waals surface area (Å²) in [6.45, 7) is 4.40. The molecule has 1 aromatic heterocycles. The monoisotopic (exact) mass is 267 g/mol. The molecular formula is C13H15F2N3O.